The van der Waals surface area contributed by atoms with Gasteiger partial charge in [0, 0.05) is 11.1 Å². The van der Waals surface area contributed by atoms with E-state index in [0.29, 0.717) is 16.5 Å². The molecule has 0 N–H and O–H groups in total. The number of fused-ring (bicyclic) bond motifs is 1. The van der Waals surface area contributed by atoms with Gasteiger partial charge in [0.25, 0.3) is 10.1 Å². The van der Waals surface area contributed by atoms with Crippen LogP contribution in [0.3, 0.4) is 0 Å². The van der Waals surface area contributed by atoms with Crippen molar-refractivity contribution in [1.29, 1.82) is 0 Å². The van der Waals surface area contributed by atoms with Crippen LogP contribution in [0.5, 0.6) is 11.5 Å². The Morgan fingerprint density at radius 2 is 1.91 bits per heavy atom. The molecule has 3 rings (SSSR count). The summed E-state index contributed by atoms with van der Waals surface area (Å²) >= 11 is 5.90. The minimum absolute atomic E-state index is 0.114. The molecule has 0 unspecified atom stereocenters. The number of benzene rings is 2. The maximum Gasteiger partial charge on any atom is 0.297 e. The molecule has 5 nitrogen and oxygen atoms in total. The molecule has 0 bridgehead atoms. The summed E-state index contributed by atoms with van der Waals surface area (Å²) in [6.45, 7) is 1.95. The summed E-state index contributed by atoms with van der Waals surface area (Å²) < 4.78 is 40.6. The van der Waals surface area contributed by atoms with E-state index >= 15 is 0 Å². The van der Waals surface area contributed by atoms with Crippen molar-refractivity contribution in [1.82, 2.24) is 0 Å². The third-order valence-electron chi connectivity index (χ3n) is 3.34. The van der Waals surface area contributed by atoms with E-state index in [1.54, 1.807) is 30.3 Å². The molecule has 0 aromatic heterocycles. The molecule has 0 saturated carbocycles. The van der Waals surface area contributed by atoms with E-state index in [0.717, 1.165) is 5.56 Å². The third kappa shape index (κ3) is 3.77. The zero-order valence-corrected chi connectivity index (χ0v) is 13.9. The maximum absolute atomic E-state index is 12.1. The van der Waals surface area contributed by atoms with Gasteiger partial charge in [-0.1, -0.05) is 29.3 Å². The molecule has 2 aromatic carbocycles. The first-order valence-electron chi connectivity index (χ1n) is 6.99. The summed E-state index contributed by atoms with van der Waals surface area (Å²) in [7, 11) is -3.82. The number of aryl methyl sites for hydroxylation is 1. The van der Waals surface area contributed by atoms with Crippen LogP contribution in [-0.4, -0.2) is 27.7 Å². The fourth-order valence-corrected chi connectivity index (χ4v) is 3.21. The fourth-order valence-electron chi connectivity index (χ4n) is 2.11. The molecular formula is C16H15ClO5S. The normalized spacial score (nSPS) is 17.0. The van der Waals surface area contributed by atoms with Crippen molar-refractivity contribution in [3.8, 4) is 11.5 Å². The zero-order valence-electron chi connectivity index (χ0n) is 12.4. The SMILES string of the molecule is Cc1ccc(S(=O)(=O)OC[C@H]2COc3ccc(Cl)cc3O2)cc1. The molecule has 1 aliphatic heterocycles. The topological polar surface area (TPSA) is 61.8 Å². The van der Waals surface area contributed by atoms with Gasteiger partial charge in [-0.25, -0.2) is 0 Å². The number of hydrogen-bond acceptors (Lipinski definition) is 5. The number of hydrogen-bond donors (Lipinski definition) is 0. The predicted octanol–water partition coefficient (Wildman–Crippen LogP) is 3.19. The quantitative estimate of drug-likeness (QED) is 0.789. The summed E-state index contributed by atoms with van der Waals surface area (Å²) in [5, 5.41) is 0.515. The first-order chi connectivity index (χ1) is 10.9. The van der Waals surface area contributed by atoms with Crippen LogP contribution >= 0.6 is 11.6 Å². The average Bonchev–Trinajstić information content (AvgIpc) is 2.53. The van der Waals surface area contributed by atoms with Crippen molar-refractivity contribution >= 4 is 21.7 Å². The van der Waals surface area contributed by atoms with Gasteiger partial charge in [-0.2, -0.15) is 8.42 Å². The van der Waals surface area contributed by atoms with E-state index in [4.69, 9.17) is 25.3 Å². The first-order valence-corrected chi connectivity index (χ1v) is 8.78. The Balaban J connectivity index is 1.66. The lowest BCUT2D eigenvalue weighted by Gasteiger charge is -2.26. The Morgan fingerprint density at radius 1 is 1.17 bits per heavy atom. The molecule has 0 amide bonds. The van der Waals surface area contributed by atoms with Gasteiger partial charge < -0.3 is 9.47 Å². The highest BCUT2D eigenvalue weighted by Crippen LogP contribution is 2.34. The van der Waals surface area contributed by atoms with Crippen molar-refractivity contribution in [3.05, 3.63) is 53.1 Å². The van der Waals surface area contributed by atoms with E-state index in [9.17, 15) is 8.42 Å². The predicted molar refractivity (Wildman–Crippen MR) is 85.7 cm³/mol. The van der Waals surface area contributed by atoms with E-state index in [1.165, 1.54) is 12.1 Å². The van der Waals surface area contributed by atoms with Crippen molar-refractivity contribution in [2.75, 3.05) is 13.2 Å². The van der Waals surface area contributed by atoms with Crippen molar-refractivity contribution in [2.24, 2.45) is 0 Å². The fraction of sp³-hybridized carbons (Fsp3) is 0.250. The summed E-state index contributed by atoms with van der Waals surface area (Å²) in [5.41, 5.74) is 0.974. The molecule has 7 heteroatoms. The lowest BCUT2D eigenvalue weighted by molar-refractivity contribution is 0.0555. The van der Waals surface area contributed by atoms with Crippen LogP contribution in [0.15, 0.2) is 47.4 Å². The lowest BCUT2D eigenvalue weighted by Crippen LogP contribution is -2.34. The van der Waals surface area contributed by atoms with Crippen LogP contribution in [0.2, 0.25) is 5.02 Å². The van der Waals surface area contributed by atoms with Gasteiger partial charge in [-0.15, -0.1) is 0 Å². The summed E-state index contributed by atoms with van der Waals surface area (Å²) in [6, 6.07) is 11.5. The Labute approximate surface area is 139 Å². The highest BCUT2D eigenvalue weighted by molar-refractivity contribution is 7.86. The molecule has 0 aliphatic carbocycles. The highest BCUT2D eigenvalue weighted by atomic mass is 35.5. The Bertz CT molecular complexity index is 802. The molecule has 122 valence electrons. The number of halogens is 1. The maximum atomic E-state index is 12.1. The van der Waals surface area contributed by atoms with Crippen molar-refractivity contribution in [3.63, 3.8) is 0 Å². The second-order valence-corrected chi connectivity index (χ2v) is 7.25. The number of ether oxygens (including phenoxy) is 2. The van der Waals surface area contributed by atoms with Crippen LogP contribution in [0, 0.1) is 6.92 Å². The van der Waals surface area contributed by atoms with Crippen LogP contribution in [0.4, 0.5) is 0 Å². The van der Waals surface area contributed by atoms with Crippen LogP contribution in [0.25, 0.3) is 0 Å². The first kappa shape index (κ1) is 16.1. The molecule has 2 aromatic rings. The largest absolute Gasteiger partial charge is 0.486 e. The van der Waals surface area contributed by atoms with Gasteiger partial charge in [0.1, 0.15) is 13.2 Å². The molecule has 0 saturated heterocycles. The second-order valence-electron chi connectivity index (χ2n) is 5.19. The number of rotatable bonds is 4. The van der Waals surface area contributed by atoms with Gasteiger partial charge in [0.2, 0.25) is 0 Å². The monoisotopic (exact) mass is 354 g/mol. The van der Waals surface area contributed by atoms with Crippen molar-refractivity contribution < 1.29 is 22.1 Å². The Hall–Kier alpha value is -1.76. The van der Waals surface area contributed by atoms with E-state index in [2.05, 4.69) is 0 Å². The van der Waals surface area contributed by atoms with E-state index in [-0.39, 0.29) is 18.1 Å². The average molecular weight is 355 g/mol. The molecule has 1 heterocycles. The minimum Gasteiger partial charge on any atom is -0.486 e. The smallest absolute Gasteiger partial charge is 0.297 e. The summed E-state index contributed by atoms with van der Waals surface area (Å²) in [4.78, 5) is 0.114. The van der Waals surface area contributed by atoms with Crippen molar-refractivity contribution in [2.45, 2.75) is 17.9 Å². The molecule has 0 radical (unpaired) electrons. The Kier molecular flexibility index (Phi) is 4.48. The highest BCUT2D eigenvalue weighted by Gasteiger charge is 2.24. The lowest BCUT2D eigenvalue weighted by atomic mass is 10.2. The summed E-state index contributed by atoms with van der Waals surface area (Å²) in [6.07, 6.45) is -0.527. The van der Waals surface area contributed by atoms with Crippen LogP contribution in [-0.2, 0) is 14.3 Å². The molecular weight excluding hydrogens is 340 g/mol. The molecule has 0 fully saturated rings. The molecule has 0 spiro atoms. The van der Waals surface area contributed by atoms with Crippen LogP contribution in [0.1, 0.15) is 5.56 Å². The molecule has 1 atom stereocenters. The van der Waals surface area contributed by atoms with E-state index < -0.39 is 16.2 Å². The van der Waals surface area contributed by atoms with Crippen LogP contribution < -0.4 is 9.47 Å². The minimum atomic E-state index is -3.82. The van der Waals surface area contributed by atoms with Gasteiger partial charge in [0.15, 0.2) is 17.6 Å². The Morgan fingerprint density at radius 3 is 2.65 bits per heavy atom. The molecule has 23 heavy (non-hydrogen) atoms. The van der Waals surface area contributed by atoms with Gasteiger partial charge in [0.05, 0.1) is 4.90 Å². The second kappa shape index (κ2) is 6.39. The molecule has 1 aliphatic rings. The van der Waals surface area contributed by atoms with Gasteiger partial charge >= 0.3 is 0 Å². The standard InChI is InChI=1S/C16H15ClO5S/c1-11-2-5-14(6-3-11)23(18,19)21-10-13-9-20-15-7-4-12(17)8-16(15)22-13/h2-8,13H,9-10H2,1H3/t13-/m1/s1. The van der Waals surface area contributed by atoms with Gasteiger partial charge in [-0.3, -0.25) is 4.18 Å². The zero-order chi connectivity index (χ0) is 16.4. The van der Waals surface area contributed by atoms with E-state index in [1.807, 2.05) is 6.92 Å². The summed E-state index contributed by atoms with van der Waals surface area (Å²) in [5.74, 6) is 1.05. The third-order valence-corrected chi connectivity index (χ3v) is 4.87. The van der Waals surface area contributed by atoms with Gasteiger partial charge in [-0.05, 0) is 31.2 Å².